The number of amides is 2. The van der Waals surface area contributed by atoms with Gasteiger partial charge in [-0.05, 0) is 80.0 Å². The van der Waals surface area contributed by atoms with Crippen molar-refractivity contribution < 1.29 is 57.2 Å². The van der Waals surface area contributed by atoms with Gasteiger partial charge in [-0.15, -0.1) is 0 Å². The van der Waals surface area contributed by atoms with Crippen molar-refractivity contribution in [2.75, 3.05) is 46.2 Å². The summed E-state index contributed by atoms with van der Waals surface area (Å²) in [5.41, 5.74) is -0.393. The molecule has 0 saturated heterocycles. The molecule has 14 nitrogen and oxygen atoms in total. The third kappa shape index (κ3) is 18.4. The summed E-state index contributed by atoms with van der Waals surface area (Å²) in [4.78, 5) is 71.6. The molecule has 2 amide bonds. The second-order valence-electron chi connectivity index (χ2n) is 15.4. The van der Waals surface area contributed by atoms with Crippen molar-refractivity contribution in [1.29, 1.82) is 0 Å². The van der Waals surface area contributed by atoms with Crippen LogP contribution < -0.4 is 10.6 Å². The van der Waals surface area contributed by atoms with Gasteiger partial charge in [0, 0.05) is 37.6 Å². The van der Waals surface area contributed by atoms with Gasteiger partial charge in [-0.1, -0.05) is 47.3 Å². The molecule has 0 bridgehead atoms. The van der Waals surface area contributed by atoms with E-state index in [0.717, 1.165) is 50.7 Å². The molecule has 2 N–H and O–H groups in total. The van der Waals surface area contributed by atoms with Gasteiger partial charge < -0.3 is 39.1 Å². The molecule has 2 aliphatic carbocycles. The van der Waals surface area contributed by atoms with Crippen molar-refractivity contribution >= 4 is 36.1 Å². The minimum Gasteiger partial charge on any atom is -0.466 e. The summed E-state index contributed by atoms with van der Waals surface area (Å²) in [7, 11) is 0. The highest BCUT2D eigenvalue weighted by Gasteiger charge is 2.42. The molecule has 0 radical (unpaired) electrons. The van der Waals surface area contributed by atoms with E-state index in [1.165, 1.54) is 0 Å². The highest BCUT2D eigenvalue weighted by Crippen LogP contribution is 2.49. The quantitative estimate of drug-likeness (QED) is 0.0634. The molecule has 2 rings (SSSR count). The van der Waals surface area contributed by atoms with E-state index >= 15 is 0 Å². The third-order valence-electron chi connectivity index (χ3n) is 9.49. The summed E-state index contributed by atoms with van der Waals surface area (Å²) < 4.78 is 30.7. The second kappa shape index (κ2) is 22.1. The van der Waals surface area contributed by atoms with Crippen molar-refractivity contribution in [1.82, 2.24) is 10.6 Å². The molecule has 2 aliphatic rings. The number of esters is 4. The van der Waals surface area contributed by atoms with Crippen molar-refractivity contribution in [3.05, 3.63) is 25.3 Å². The van der Waals surface area contributed by atoms with Gasteiger partial charge >= 0.3 is 36.1 Å². The van der Waals surface area contributed by atoms with Crippen molar-refractivity contribution in [3.63, 3.8) is 0 Å². The van der Waals surface area contributed by atoms with Crippen LogP contribution in [0.3, 0.4) is 0 Å². The van der Waals surface area contributed by atoms with E-state index in [1.807, 2.05) is 0 Å². The van der Waals surface area contributed by atoms with Gasteiger partial charge in [0.15, 0.2) is 0 Å². The smallest absolute Gasteiger partial charge is 0.407 e. The molecule has 52 heavy (non-hydrogen) atoms. The van der Waals surface area contributed by atoms with E-state index in [-0.39, 0.29) is 92.6 Å². The monoisotopic (exact) mass is 736 g/mol. The zero-order valence-corrected chi connectivity index (χ0v) is 31.6. The Bertz CT molecular complexity index is 1240. The van der Waals surface area contributed by atoms with Gasteiger partial charge in [-0.3, -0.25) is 9.59 Å². The number of unbranched alkanes of at least 4 members (excludes halogenated alkanes) is 1. The Morgan fingerprint density at radius 1 is 0.692 bits per heavy atom. The van der Waals surface area contributed by atoms with E-state index in [2.05, 4.69) is 51.5 Å². The maximum Gasteiger partial charge on any atom is 0.407 e. The van der Waals surface area contributed by atoms with Gasteiger partial charge in [-0.25, -0.2) is 19.2 Å². The van der Waals surface area contributed by atoms with Crippen molar-refractivity contribution in [2.24, 2.45) is 22.2 Å². The first kappa shape index (κ1) is 44.1. The molecule has 294 valence electrons. The molecule has 2 saturated carbocycles. The number of alkyl carbamates (subject to hydrolysis) is 2. The van der Waals surface area contributed by atoms with Gasteiger partial charge in [0.05, 0.1) is 13.2 Å². The molecule has 14 heteroatoms. The Morgan fingerprint density at radius 3 is 1.92 bits per heavy atom. The van der Waals surface area contributed by atoms with E-state index in [0.29, 0.717) is 32.2 Å². The van der Waals surface area contributed by atoms with Crippen LogP contribution >= 0.6 is 0 Å². The SMILES string of the molecule is C=CC(=O)OCCOC(=O)CC1CC(C)(C)CC(C)(CNC(=O)OCCCCOC(=O)CCC2(C)CCCC(NC(=O)OCCOC(=O)C=C)C2)C1. The van der Waals surface area contributed by atoms with Crippen LogP contribution in [0.15, 0.2) is 25.3 Å². The number of carbonyl (C=O) groups excluding carboxylic acids is 6. The average Bonchev–Trinajstić information content (AvgIpc) is 3.07. The fraction of sp³-hybridized carbons (Fsp3) is 0.737. The molecule has 0 heterocycles. The highest BCUT2D eigenvalue weighted by atomic mass is 16.6. The zero-order chi connectivity index (χ0) is 38.6. The van der Waals surface area contributed by atoms with E-state index in [9.17, 15) is 28.8 Å². The molecule has 0 aromatic carbocycles. The summed E-state index contributed by atoms with van der Waals surface area (Å²) in [6, 6.07) is -0.0744. The number of hydrogen-bond acceptors (Lipinski definition) is 12. The molecule has 4 unspecified atom stereocenters. The fourth-order valence-corrected chi connectivity index (χ4v) is 7.62. The minimum atomic E-state index is -0.579. The molecule has 4 atom stereocenters. The lowest BCUT2D eigenvalue weighted by molar-refractivity contribution is -0.151. The van der Waals surface area contributed by atoms with Crippen LogP contribution in [0.4, 0.5) is 9.59 Å². The standard InChI is InChI=1S/C38H60N2O12/c1-7-30(41)48-18-19-50-33(44)22-28-23-36(3,4)26-38(6,24-28)27-39-34(45)51-17-10-9-16-47-32(43)13-15-37(5)14-11-12-29(25-37)40-35(46)52-21-20-49-31(42)8-2/h7-8,28-29H,1-2,9-27H2,3-6H3,(H,39,45)(H,40,46). The van der Waals surface area contributed by atoms with Crippen LogP contribution in [-0.2, 0) is 47.6 Å². The predicted octanol–water partition coefficient (Wildman–Crippen LogP) is 5.72. The first-order chi connectivity index (χ1) is 24.6. The summed E-state index contributed by atoms with van der Waals surface area (Å²) >= 11 is 0. The van der Waals surface area contributed by atoms with Crippen molar-refractivity contribution in [2.45, 2.75) is 111 Å². The number of carbonyl (C=O) groups is 6. The minimum absolute atomic E-state index is 0.00982. The number of rotatable bonds is 21. The van der Waals surface area contributed by atoms with Crippen LogP contribution in [0.1, 0.15) is 105 Å². The van der Waals surface area contributed by atoms with Crippen LogP contribution in [0.2, 0.25) is 0 Å². The number of hydrogen-bond donors (Lipinski definition) is 2. The molecular formula is C38H60N2O12. The Morgan fingerprint density at radius 2 is 1.27 bits per heavy atom. The Kier molecular flexibility index (Phi) is 18.7. The van der Waals surface area contributed by atoms with Crippen LogP contribution in [0, 0.1) is 22.2 Å². The third-order valence-corrected chi connectivity index (χ3v) is 9.49. The lowest BCUT2D eigenvalue weighted by Gasteiger charge is -2.46. The average molecular weight is 737 g/mol. The summed E-state index contributed by atoms with van der Waals surface area (Å²) in [5, 5.41) is 5.75. The van der Waals surface area contributed by atoms with Gasteiger partial charge in [0.25, 0.3) is 0 Å². The molecular weight excluding hydrogens is 676 g/mol. The summed E-state index contributed by atoms with van der Waals surface area (Å²) in [6.07, 6.45) is 9.11. The van der Waals surface area contributed by atoms with E-state index in [1.54, 1.807) is 0 Å². The fourth-order valence-electron chi connectivity index (χ4n) is 7.62. The summed E-state index contributed by atoms with van der Waals surface area (Å²) in [6.45, 7) is 15.9. The Hall–Kier alpha value is -4.10. The second-order valence-corrected chi connectivity index (χ2v) is 15.4. The normalized spacial score (nSPS) is 23.5. The molecule has 0 aliphatic heterocycles. The van der Waals surface area contributed by atoms with Crippen LogP contribution in [0.25, 0.3) is 0 Å². The van der Waals surface area contributed by atoms with Crippen LogP contribution in [0.5, 0.6) is 0 Å². The topological polar surface area (TPSA) is 182 Å². The highest BCUT2D eigenvalue weighted by molar-refractivity contribution is 5.81. The van der Waals surface area contributed by atoms with E-state index < -0.39 is 24.1 Å². The predicted molar refractivity (Wildman–Crippen MR) is 191 cm³/mol. The van der Waals surface area contributed by atoms with Crippen LogP contribution in [-0.4, -0.2) is 88.3 Å². The Balaban J connectivity index is 1.59. The lowest BCUT2D eigenvalue weighted by atomic mass is 9.60. The molecule has 0 spiro atoms. The largest absolute Gasteiger partial charge is 0.466 e. The van der Waals surface area contributed by atoms with Gasteiger partial charge in [0.1, 0.15) is 26.4 Å². The summed E-state index contributed by atoms with van der Waals surface area (Å²) in [5.74, 6) is -1.69. The lowest BCUT2D eigenvalue weighted by Crippen LogP contribution is -2.44. The van der Waals surface area contributed by atoms with Crippen molar-refractivity contribution in [3.8, 4) is 0 Å². The maximum absolute atomic E-state index is 12.5. The van der Waals surface area contributed by atoms with Gasteiger partial charge in [0.2, 0.25) is 0 Å². The molecule has 0 aromatic rings. The van der Waals surface area contributed by atoms with Gasteiger partial charge in [-0.2, -0.15) is 0 Å². The van der Waals surface area contributed by atoms with E-state index in [4.69, 9.17) is 28.4 Å². The number of nitrogens with one attached hydrogen (secondary N) is 2. The molecule has 0 aromatic heterocycles. The number of ether oxygens (including phenoxy) is 6. The first-order valence-corrected chi connectivity index (χ1v) is 18.3. The first-order valence-electron chi connectivity index (χ1n) is 18.3. The zero-order valence-electron chi connectivity index (χ0n) is 31.6. The maximum atomic E-state index is 12.5. The molecule has 2 fully saturated rings. The Labute approximate surface area is 308 Å².